The maximum atomic E-state index is 11.8. The number of rotatable bonds is 4. The first-order chi connectivity index (χ1) is 7.88. The van der Waals surface area contributed by atoms with E-state index in [9.17, 15) is 13.2 Å². The highest BCUT2D eigenvalue weighted by Crippen LogP contribution is 2.41. The average Bonchev–Trinajstić information content (AvgIpc) is 2.71. The molecule has 0 aromatic rings. The summed E-state index contributed by atoms with van der Waals surface area (Å²) in [5, 5.41) is 2.97. The van der Waals surface area contributed by atoms with Gasteiger partial charge in [0.05, 0.1) is 15.1 Å². The second-order valence-electron chi connectivity index (χ2n) is 3.54. The Hall–Kier alpha value is -0.400. The van der Waals surface area contributed by atoms with Gasteiger partial charge in [0.15, 0.2) is 0 Å². The quantitative estimate of drug-likeness (QED) is 0.587. The van der Waals surface area contributed by atoms with Crippen LogP contribution >= 0.6 is 23.5 Å². The van der Waals surface area contributed by atoms with E-state index < -0.39 is 21.3 Å². The topological polar surface area (TPSA) is 60.4 Å². The van der Waals surface area contributed by atoms with Gasteiger partial charge >= 0.3 is 16.1 Å². The highest BCUT2D eigenvalue weighted by Gasteiger charge is 2.25. The van der Waals surface area contributed by atoms with Gasteiger partial charge in [0.25, 0.3) is 0 Å². The van der Waals surface area contributed by atoms with Crippen LogP contribution in [0.3, 0.4) is 0 Å². The first kappa shape index (κ1) is 14.7. The Morgan fingerprint density at radius 2 is 1.88 bits per heavy atom. The van der Waals surface area contributed by atoms with Crippen molar-refractivity contribution < 1.29 is 17.4 Å². The van der Waals surface area contributed by atoms with Crippen molar-refractivity contribution in [1.82, 2.24) is 0 Å². The summed E-state index contributed by atoms with van der Waals surface area (Å²) in [6.45, 7) is 4.75. The zero-order chi connectivity index (χ0) is 13.1. The predicted octanol–water partition coefficient (Wildman–Crippen LogP) is 2.84. The Labute approximate surface area is 110 Å². The van der Waals surface area contributed by atoms with Crippen LogP contribution in [0.2, 0.25) is 0 Å². The minimum Gasteiger partial charge on any atom is -0.341 e. The van der Waals surface area contributed by atoms with Gasteiger partial charge in [0.2, 0.25) is 0 Å². The van der Waals surface area contributed by atoms with E-state index >= 15 is 0 Å². The lowest BCUT2D eigenvalue weighted by Crippen LogP contribution is -2.22. The largest absolute Gasteiger partial charge is 0.351 e. The second kappa shape index (κ2) is 5.97. The molecule has 0 bridgehead atoms. The third kappa shape index (κ3) is 3.79. The smallest absolute Gasteiger partial charge is 0.341 e. The normalized spacial score (nSPS) is 15.4. The van der Waals surface area contributed by atoms with Gasteiger partial charge in [-0.05, 0) is 31.1 Å². The molecule has 1 aliphatic heterocycles. The van der Waals surface area contributed by atoms with E-state index in [0.717, 1.165) is 4.24 Å². The fourth-order valence-electron chi connectivity index (χ4n) is 0.973. The Bertz CT molecular complexity index is 450. The van der Waals surface area contributed by atoms with Crippen molar-refractivity contribution in [2.24, 2.45) is 0 Å². The molecule has 96 valence electrons. The lowest BCUT2D eigenvalue weighted by Gasteiger charge is -2.10. The minimum absolute atomic E-state index is 0.411. The molecule has 0 atom stereocenters. The summed E-state index contributed by atoms with van der Waals surface area (Å²) in [7, 11) is -3.80. The number of thioether (sulfide) groups is 2. The Morgan fingerprint density at radius 1 is 1.35 bits per heavy atom. The highest BCUT2D eigenvalue weighted by atomic mass is 32.2. The van der Waals surface area contributed by atoms with Crippen molar-refractivity contribution >= 4 is 39.6 Å². The molecule has 0 unspecified atom stereocenters. The summed E-state index contributed by atoms with van der Waals surface area (Å²) in [5.41, 5.74) is 0.411. The molecule has 0 N–H and O–H groups in total. The molecule has 0 aromatic carbocycles. The molecule has 7 heteroatoms. The minimum atomic E-state index is -3.80. The predicted molar refractivity (Wildman–Crippen MR) is 71.8 cm³/mol. The van der Waals surface area contributed by atoms with Gasteiger partial charge in [0.1, 0.15) is 0 Å². The molecule has 1 aliphatic rings. The summed E-state index contributed by atoms with van der Waals surface area (Å²) in [4.78, 5) is 11.8. The molecule has 0 aliphatic carbocycles. The van der Waals surface area contributed by atoms with E-state index in [1.54, 1.807) is 6.92 Å². The Morgan fingerprint density at radius 3 is 2.29 bits per heavy atom. The number of carbonyl (C=O) groups is 1. The van der Waals surface area contributed by atoms with Crippen molar-refractivity contribution in [3.05, 3.63) is 20.6 Å². The second-order valence-corrected chi connectivity index (χ2v) is 7.73. The fourth-order valence-corrected chi connectivity index (χ4v) is 3.46. The number of hydrogen-bond donors (Lipinski definition) is 0. The Balaban J connectivity index is 2.86. The van der Waals surface area contributed by atoms with E-state index in [4.69, 9.17) is 0 Å². The summed E-state index contributed by atoms with van der Waals surface area (Å²) in [6.07, 6.45) is 0.448. The van der Waals surface area contributed by atoms with Crippen molar-refractivity contribution in [3.8, 4) is 0 Å². The summed E-state index contributed by atoms with van der Waals surface area (Å²) in [6, 6.07) is 0. The molecular formula is C10H14O4S3. The average molecular weight is 294 g/mol. The molecule has 0 radical (unpaired) electrons. The third-order valence-corrected chi connectivity index (χ3v) is 5.77. The van der Waals surface area contributed by atoms with Gasteiger partial charge in [-0.1, -0.05) is 30.4 Å². The van der Waals surface area contributed by atoms with E-state index in [2.05, 4.69) is 4.18 Å². The SMILES string of the molecule is CCC(C(=O)OS(=O)(=O)C(C)C)=C1SC=CS1. The molecule has 0 saturated heterocycles. The summed E-state index contributed by atoms with van der Waals surface area (Å²) < 4.78 is 28.3. The van der Waals surface area contributed by atoms with Crippen LogP contribution in [-0.4, -0.2) is 19.6 Å². The van der Waals surface area contributed by atoms with Gasteiger partial charge in [-0.25, -0.2) is 4.79 Å². The standard InChI is InChI=1S/C10H14O4S3/c1-4-8(10-15-5-6-16-10)9(11)14-17(12,13)7(2)3/h5-7H,4H2,1-3H3. The third-order valence-electron chi connectivity index (χ3n) is 2.02. The van der Waals surface area contributed by atoms with E-state index in [1.807, 2.05) is 10.8 Å². The molecule has 1 heterocycles. The van der Waals surface area contributed by atoms with Gasteiger partial charge in [-0.2, -0.15) is 8.42 Å². The molecule has 0 amide bonds. The first-order valence-electron chi connectivity index (χ1n) is 5.07. The van der Waals surface area contributed by atoms with E-state index in [0.29, 0.717) is 12.0 Å². The number of hydrogen-bond acceptors (Lipinski definition) is 6. The molecule has 0 spiro atoms. The van der Waals surface area contributed by atoms with Crippen molar-refractivity contribution in [2.45, 2.75) is 32.4 Å². The zero-order valence-corrected chi connectivity index (χ0v) is 12.2. The summed E-state index contributed by atoms with van der Waals surface area (Å²) in [5.74, 6) is -0.764. The lowest BCUT2D eigenvalue weighted by atomic mass is 10.2. The van der Waals surface area contributed by atoms with Crippen LogP contribution in [0.25, 0.3) is 0 Å². The molecule has 1 rings (SSSR count). The van der Waals surface area contributed by atoms with Crippen LogP contribution < -0.4 is 0 Å². The van der Waals surface area contributed by atoms with Crippen LogP contribution in [-0.2, 0) is 19.1 Å². The molecule has 0 saturated carbocycles. The van der Waals surface area contributed by atoms with E-state index in [-0.39, 0.29) is 0 Å². The molecule has 0 aromatic heterocycles. The zero-order valence-electron chi connectivity index (χ0n) is 9.80. The molecule has 17 heavy (non-hydrogen) atoms. The molecule has 4 nitrogen and oxygen atoms in total. The van der Waals surface area contributed by atoms with Crippen LogP contribution in [0.1, 0.15) is 27.2 Å². The maximum absolute atomic E-state index is 11.8. The maximum Gasteiger partial charge on any atom is 0.351 e. The highest BCUT2D eigenvalue weighted by molar-refractivity contribution is 8.27. The van der Waals surface area contributed by atoms with Crippen molar-refractivity contribution in [3.63, 3.8) is 0 Å². The van der Waals surface area contributed by atoms with Gasteiger partial charge in [0, 0.05) is 0 Å². The van der Waals surface area contributed by atoms with Crippen LogP contribution in [0.5, 0.6) is 0 Å². The number of carbonyl (C=O) groups excluding carboxylic acids is 1. The van der Waals surface area contributed by atoms with Gasteiger partial charge in [-0.15, -0.1) is 0 Å². The van der Waals surface area contributed by atoms with Crippen molar-refractivity contribution in [2.75, 3.05) is 0 Å². The van der Waals surface area contributed by atoms with Crippen LogP contribution in [0.4, 0.5) is 0 Å². The molecule has 0 fully saturated rings. The lowest BCUT2D eigenvalue weighted by molar-refractivity contribution is -0.129. The van der Waals surface area contributed by atoms with Gasteiger partial charge < -0.3 is 4.18 Å². The van der Waals surface area contributed by atoms with Gasteiger partial charge in [-0.3, -0.25) is 0 Å². The molecular weight excluding hydrogens is 280 g/mol. The van der Waals surface area contributed by atoms with E-state index in [1.165, 1.54) is 37.4 Å². The fraction of sp³-hybridized carbons (Fsp3) is 0.500. The first-order valence-corrected chi connectivity index (χ1v) is 8.30. The Kier molecular flexibility index (Phi) is 5.15. The monoisotopic (exact) mass is 294 g/mol. The van der Waals surface area contributed by atoms with Crippen molar-refractivity contribution in [1.29, 1.82) is 0 Å². The van der Waals surface area contributed by atoms with Crippen LogP contribution in [0, 0.1) is 0 Å². The summed E-state index contributed by atoms with van der Waals surface area (Å²) >= 11 is 2.81. The van der Waals surface area contributed by atoms with Crippen LogP contribution in [0.15, 0.2) is 20.6 Å².